The number of amides is 1. The second-order valence-corrected chi connectivity index (χ2v) is 9.10. The maximum Gasteiger partial charge on any atom is 0.256 e. The second kappa shape index (κ2) is 13.7. The minimum atomic E-state index is -0.786. The molecule has 1 aromatic rings. The molecule has 1 N–H and O–H groups in total. The van der Waals surface area contributed by atoms with E-state index < -0.39 is 5.60 Å². The minimum absolute atomic E-state index is 0.0682. The Morgan fingerprint density at radius 1 is 1.10 bits per heavy atom. The predicted octanol–water partition coefficient (Wildman–Crippen LogP) is 6.03. The fraction of sp³-hybridized carbons (Fsp3) is 0.731. The number of rotatable bonds is 14. The molecule has 0 aromatic heterocycles. The van der Waals surface area contributed by atoms with Crippen LogP contribution in [0.5, 0.6) is 5.75 Å². The normalized spacial score (nSPS) is 19.0. The lowest BCUT2D eigenvalue weighted by Crippen LogP contribution is -2.43. The van der Waals surface area contributed by atoms with Crippen LogP contribution < -0.4 is 10.1 Å². The molecular formula is C26H44N2O3. The van der Waals surface area contributed by atoms with E-state index in [4.69, 9.17) is 9.47 Å². The van der Waals surface area contributed by atoms with Crippen LogP contribution in [0, 0.1) is 0 Å². The lowest BCUT2D eigenvalue weighted by molar-refractivity contribution is -0.140. The van der Waals surface area contributed by atoms with E-state index in [1.54, 1.807) is 0 Å². The quantitative estimate of drug-likeness (QED) is 0.364. The number of carbonyl (C=O) groups excluding carboxylic acids is 1. The number of ether oxygens (including phenoxy) is 2. The van der Waals surface area contributed by atoms with Gasteiger partial charge in [0.15, 0.2) is 0 Å². The first-order chi connectivity index (χ1) is 15.0. The first-order valence-electron chi connectivity index (χ1n) is 12.4. The van der Waals surface area contributed by atoms with Crippen molar-refractivity contribution in [3.63, 3.8) is 0 Å². The number of hydrogen-bond donors (Lipinski definition) is 1. The molecule has 0 bridgehead atoms. The summed E-state index contributed by atoms with van der Waals surface area (Å²) in [6.07, 6.45) is 9.91. The van der Waals surface area contributed by atoms with E-state index in [1.165, 1.54) is 25.8 Å². The van der Waals surface area contributed by atoms with Crippen LogP contribution >= 0.6 is 0 Å². The van der Waals surface area contributed by atoms with Gasteiger partial charge in [-0.25, -0.2) is 0 Å². The third-order valence-corrected chi connectivity index (χ3v) is 6.27. The summed E-state index contributed by atoms with van der Waals surface area (Å²) in [6, 6.07) is 8.38. The van der Waals surface area contributed by atoms with Gasteiger partial charge in [-0.1, -0.05) is 39.5 Å². The van der Waals surface area contributed by atoms with E-state index in [2.05, 4.69) is 31.0 Å². The second-order valence-electron chi connectivity index (χ2n) is 9.10. The van der Waals surface area contributed by atoms with Gasteiger partial charge in [-0.3, -0.25) is 4.79 Å². The maximum absolute atomic E-state index is 12.9. The van der Waals surface area contributed by atoms with Crippen LogP contribution in [0.3, 0.4) is 0 Å². The summed E-state index contributed by atoms with van der Waals surface area (Å²) in [5.74, 6) is 0.777. The Hall–Kier alpha value is -1.59. The van der Waals surface area contributed by atoms with E-state index in [0.717, 1.165) is 63.1 Å². The molecule has 2 atom stereocenters. The Morgan fingerprint density at radius 3 is 2.55 bits per heavy atom. The van der Waals surface area contributed by atoms with Gasteiger partial charge in [0.1, 0.15) is 11.4 Å². The number of likely N-dealkylation sites (tertiary alicyclic amines) is 1. The molecule has 0 unspecified atom stereocenters. The molecule has 1 aromatic carbocycles. The zero-order chi connectivity index (χ0) is 22.5. The molecule has 2 rings (SSSR count). The molecule has 0 spiro atoms. The lowest BCUT2D eigenvalue weighted by Gasteiger charge is -2.33. The molecule has 1 amide bonds. The number of unbranched alkanes of at least 4 members (excludes halogenated alkanes) is 2. The first kappa shape index (κ1) is 25.7. The van der Waals surface area contributed by atoms with Crippen molar-refractivity contribution in [2.45, 2.75) is 97.1 Å². The summed E-state index contributed by atoms with van der Waals surface area (Å²) in [7, 11) is 0. The van der Waals surface area contributed by atoms with Gasteiger partial charge in [0.2, 0.25) is 0 Å². The van der Waals surface area contributed by atoms with Crippen molar-refractivity contribution in [3.05, 3.63) is 24.3 Å². The fourth-order valence-electron chi connectivity index (χ4n) is 4.14. The Bertz CT molecular complexity index is 634. The maximum atomic E-state index is 12.9. The van der Waals surface area contributed by atoms with Crippen molar-refractivity contribution < 1.29 is 14.3 Å². The van der Waals surface area contributed by atoms with Crippen molar-refractivity contribution >= 4 is 11.6 Å². The Kier molecular flexibility index (Phi) is 11.4. The summed E-state index contributed by atoms with van der Waals surface area (Å²) in [5.41, 5.74) is -0.00679. The molecule has 1 aliphatic rings. The number of piperidine rings is 1. The molecule has 0 saturated carbocycles. The van der Waals surface area contributed by atoms with Crippen molar-refractivity contribution in [2.24, 2.45) is 0 Å². The van der Waals surface area contributed by atoms with Crippen LogP contribution in [-0.2, 0) is 9.53 Å². The van der Waals surface area contributed by atoms with Crippen LogP contribution in [0.25, 0.3) is 0 Å². The van der Waals surface area contributed by atoms with Gasteiger partial charge >= 0.3 is 0 Å². The largest absolute Gasteiger partial charge is 0.494 e. The molecule has 5 nitrogen and oxygen atoms in total. The van der Waals surface area contributed by atoms with Crippen LogP contribution in [0.15, 0.2) is 24.3 Å². The molecule has 0 radical (unpaired) electrons. The average molecular weight is 433 g/mol. The van der Waals surface area contributed by atoms with Crippen LogP contribution in [0.2, 0.25) is 0 Å². The van der Waals surface area contributed by atoms with Gasteiger partial charge in [0, 0.05) is 24.9 Å². The monoisotopic (exact) mass is 432 g/mol. The summed E-state index contributed by atoms with van der Waals surface area (Å²) >= 11 is 0. The Labute approximate surface area is 189 Å². The number of benzene rings is 1. The molecule has 5 heteroatoms. The standard InChI is InChI=1S/C26H44N2O3/c1-5-7-9-17-26(4,31-20-6-2)25(29)27-23-13-15-24(16-14-23)30-21-11-19-28-18-10-8-12-22(28)3/h13-16,22H,5-12,17-21H2,1-4H3,(H,27,29)/t22-,26+/m0/s1. The topological polar surface area (TPSA) is 50.8 Å². The summed E-state index contributed by atoms with van der Waals surface area (Å²) in [5, 5.41) is 3.03. The van der Waals surface area contributed by atoms with E-state index in [-0.39, 0.29) is 5.91 Å². The first-order valence-corrected chi connectivity index (χ1v) is 12.4. The fourth-order valence-corrected chi connectivity index (χ4v) is 4.14. The van der Waals surface area contributed by atoms with E-state index in [1.807, 2.05) is 31.2 Å². The van der Waals surface area contributed by atoms with Crippen molar-refractivity contribution in [2.75, 3.05) is 31.6 Å². The average Bonchev–Trinajstić information content (AvgIpc) is 2.77. The van der Waals surface area contributed by atoms with Gasteiger partial charge in [-0.2, -0.15) is 0 Å². The van der Waals surface area contributed by atoms with E-state index >= 15 is 0 Å². The molecular weight excluding hydrogens is 388 g/mol. The molecule has 1 fully saturated rings. The van der Waals surface area contributed by atoms with Crippen molar-refractivity contribution in [1.29, 1.82) is 0 Å². The van der Waals surface area contributed by atoms with Crippen molar-refractivity contribution in [3.8, 4) is 5.75 Å². The summed E-state index contributed by atoms with van der Waals surface area (Å²) in [6.45, 7) is 12.1. The molecule has 176 valence electrons. The Balaban J connectivity index is 1.79. The van der Waals surface area contributed by atoms with Crippen LogP contribution in [0.1, 0.15) is 85.5 Å². The number of carbonyl (C=O) groups is 1. The highest BCUT2D eigenvalue weighted by atomic mass is 16.5. The highest BCUT2D eigenvalue weighted by Crippen LogP contribution is 2.24. The van der Waals surface area contributed by atoms with Gasteiger partial charge in [0.25, 0.3) is 5.91 Å². The molecule has 1 heterocycles. The third kappa shape index (κ3) is 8.82. The van der Waals surface area contributed by atoms with Gasteiger partial charge < -0.3 is 19.7 Å². The molecule has 1 saturated heterocycles. The zero-order valence-electron chi connectivity index (χ0n) is 20.3. The molecule has 31 heavy (non-hydrogen) atoms. The van der Waals surface area contributed by atoms with Gasteiger partial charge in [-0.15, -0.1) is 0 Å². The van der Waals surface area contributed by atoms with Gasteiger partial charge in [0.05, 0.1) is 6.61 Å². The van der Waals surface area contributed by atoms with E-state index in [9.17, 15) is 4.79 Å². The number of nitrogens with one attached hydrogen (secondary N) is 1. The zero-order valence-corrected chi connectivity index (χ0v) is 20.3. The predicted molar refractivity (Wildman–Crippen MR) is 129 cm³/mol. The lowest BCUT2D eigenvalue weighted by atomic mass is 9.96. The highest BCUT2D eigenvalue weighted by Gasteiger charge is 2.33. The van der Waals surface area contributed by atoms with Crippen LogP contribution in [-0.4, -0.2) is 48.8 Å². The van der Waals surface area contributed by atoms with Crippen LogP contribution in [0.4, 0.5) is 5.69 Å². The summed E-state index contributed by atoms with van der Waals surface area (Å²) < 4.78 is 11.9. The summed E-state index contributed by atoms with van der Waals surface area (Å²) in [4.78, 5) is 15.5. The number of anilines is 1. The van der Waals surface area contributed by atoms with Gasteiger partial charge in [-0.05, 0) is 76.8 Å². The number of nitrogens with zero attached hydrogens (tertiary/aromatic N) is 1. The SMILES string of the molecule is CCCCC[C@@](C)(OCCC)C(=O)Nc1ccc(OCCCN2CCCC[C@@H]2C)cc1. The van der Waals surface area contributed by atoms with Crippen molar-refractivity contribution in [1.82, 2.24) is 4.90 Å². The number of hydrogen-bond acceptors (Lipinski definition) is 4. The highest BCUT2D eigenvalue weighted by molar-refractivity contribution is 5.97. The third-order valence-electron chi connectivity index (χ3n) is 6.27. The Morgan fingerprint density at radius 2 is 1.87 bits per heavy atom. The molecule has 0 aliphatic carbocycles. The minimum Gasteiger partial charge on any atom is -0.494 e. The smallest absolute Gasteiger partial charge is 0.256 e. The molecule has 1 aliphatic heterocycles. The van der Waals surface area contributed by atoms with E-state index in [0.29, 0.717) is 12.6 Å².